The number of anilines is 1. The van der Waals surface area contributed by atoms with Gasteiger partial charge in [-0.3, -0.25) is 0 Å². The SMILES string of the molecule is CC1CCN(c2ccccc2S(C)(=O)=O)CC1O. The predicted molar refractivity (Wildman–Crippen MR) is 71.6 cm³/mol. The predicted octanol–water partition coefficient (Wildman–Crippen LogP) is 1.30. The molecule has 0 radical (unpaired) electrons. The molecule has 5 heteroatoms. The molecule has 0 bridgehead atoms. The van der Waals surface area contributed by atoms with Gasteiger partial charge in [0.2, 0.25) is 0 Å². The van der Waals surface area contributed by atoms with E-state index in [9.17, 15) is 13.5 Å². The number of aliphatic hydroxyl groups excluding tert-OH is 1. The quantitative estimate of drug-likeness (QED) is 0.879. The Morgan fingerprint density at radius 2 is 2.00 bits per heavy atom. The van der Waals surface area contributed by atoms with Crippen molar-refractivity contribution in [2.45, 2.75) is 24.3 Å². The fourth-order valence-electron chi connectivity index (χ4n) is 2.30. The minimum atomic E-state index is -3.24. The highest BCUT2D eigenvalue weighted by atomic mass is 32.2. The maximum Gasteiger partial charge on any atom is 0.177 e. The van der Waals surface area contributed by atoms with Crippen LogP contribution in [0.4, 0.5) is 5.69 Å². The van der Waals surface area contributed by atoms with Crippen molar-refractivity contribution in [1.82, 2.24) is 0 Å². The molecule has 2 unspecified atom stereocenters. The Morgan fingerprint density at radius 3 is 2.61 bits per heavy atom. The van der Waals surface area contributed by atoms with Crippen LogP contribution in [0.25, 0.3) is 0 Å². The number of para-hydroxylation sites is 1. The van der Waals surface area contributed by atoms with E-state index in [1.165, 1.54) is 6.26 Å². The van der Waals surface area contributed by atoms with Crippen LogP contribution in [-0.4, -0.2) is 39.0 Å². The molecule has 1 aliphatic heterocycles. The van der Waals surface area contributed by atoms with Crippen LogP contribution in [0.15, 0.2) is 29.2 Å². The number of hydrogen-bond donors (Lipinski definition) is 1. The van der Waals surface area contributed by atoms with E-state index in [0.717, 1.165) is 13.0 Å². The maximum absolute atomic E-state index is 11.8. The van der Waals surface area contributed by atoms with Crippen LogP contribution in [0.3, 0.4) is 0 Å². The topological polar surface area (TPSA) is 57.6 Å². The smallest absolute Gasteiger partial charge is 0.177 e. The number of piperidine rings is 1. The zero-order valence-corrected chi connectivity index (χ0v) is 11.5. The molecule has 0 saturated carbocycles. The molecule has 0 aromatic heterocycles. The second-order valence-corrected chi connectivity index (χ2v) is 7.00. The number of sulfone groups is 1. The van der Waals surface area contributed by atoms with Crippen LogP contribution in [-0.2, 0) is 9.84 Å². The zero-order chi connectivity index (χ0) is 13.3. The summed E-state index contributed by atoms with van der Waals surface area (Å²) in [5.74, 6) is 0.270. The first-order valence-electron chi connectivity index (χ1n) is 6.11. The van der Waals surface area contributed by atoms with Crippen LogP contribution in [0.2, 0.25) is 0 Å². The lowest BCUT2D eigenvalue weighted by atomic mass is 9.96. The molecule has 4 nitrogen and oxygen atoms in total. The summed E-state index contributed by atoms with van der Waals surface area (Å²) in [6.07, 6.45) is 1.69. The van der Waals surface area contributed by atoms with Gasteiger partial charge in [-0.2, -0.15) is 0 Å². The third-order valence-corrected chi connectivity index (χ3v) is 4.67. The average molecular weight is 269 g/mol. The molecule has 1 fully saturated rings. The Morgan fingerprint density at radius 1 is 1.33 bits per heavy atom. The van der Waals surface area contributed by atoms with Crippen LogP contribution in [0.1, 0.15) is 13.3 Å². The summed E-state index contributed by atoms with van der Waals surface area (Å²) in [6.45, 7) is 3.29. The van der Waals surface area contributed by atoms with E-state index in [4.69, 9.17) is 0 Å². The summed E-state index contributed by atoms with van der Waals surface area (Å²) in [5, 5.41) is 9.91. The highest BCUT2D eigenvalue weighted by molar-refractivity contribution is 7.90. The molecule has 2 rings (SSSR count). The fourth-order valence-corrected chi connectivity index (χ4v) is 3.20. The monoisotopic (exact) mass is 269 g/mol. The summed E-state index contributed by atoms with van der Waals surface area (Å²) in [4.78, 5) is 2.30. The number of nitrogens with zero attached hydrogens (tertiary/aromatic N) is 1. The molecule has 0 spiro atoms. The number of rotatable bonds is 2. The van der Waals surface area contributed by atoms with Crippen molar-refractivity contribution in [1.29, 1.82) is 0 Å². The van der Waals surface area contributed by atoms with Crippen LogP contribution in [0.5, 0.6) is 0 Å². The molecule has 1 N–H and O–H groups in total. The lowest BCUT2D eigenvalue weighted by molar-refractivity contribution is 0.103. The van der Waals surface area contributed by atoms with Gasteiger partial charge in [0.15, 0.2) is 9.84 Å². The lowest BCUT2D eigenvalue weighted by Gasteiger charge is -2.36. The van der Waals surface area contributed by atoms with Crippen molar-refractivity contribution in [2.75, 3.05) is 24.2 Å². The van der Waals surface area contributed by atoms with Crippen molar-refractivity contribution in [3.05, 3.63) is 24.3 Å². The van der Waals surface area contributed by atoms with Crippen molar-refractivity contribution < 1.29 is 13.5 Å². The largest absolute Gasteiger partial charge is 0.391 e. The number of β-amino-alcohol motifs (C(OH)–C–C–N with tert-alkyl or cyclic N) is 1. The average Bonchev–Trinajstić information content (AvgIpc) is 2.32. The third-order valence-electron chi connectivity index (χ3n) is 3.52. The molecule has 2 atom stereocenters. The van der Waals surface area contributed by atoms with Gasteiger partial charge >= 0.3 is 0 Å². The molecule has 1 aromatic carbocycles. The molecular formula is C13H19NO3S. The normalized spacial score (nSPS) is 25.2. The first-order valence-corrected chi connectivity index (χ1v) is 8.01. The van der Waals surface area contributed by atoms with Gasteiger partial charge in [-0.05, 0) is 24.5 Å². The lowest BCUT2D eigenvalue weighted by Crippen LogP contribution is -2.43. The first kappa shape index (κ1) is 13.4. The van der Waals surface area contributed by atoms with Gasteiger partial charge in [-0.1, -0.05) is 19.1 Å². The van der Waals surface area contributed by atoms with E-state index in [1.54, 1.807) is 18.2 Å². The Balaban J connectivity index is 2.35. The van der Waals surface area contributed by atoms with E-state index in [2.05, 4.69) is 0 Å². The van der Waals surface area contributed by atoms with E-state index >= 15 is 0 Å². The Kier molecular flexibility index (Phi) is 3.64. The van der Waals surface area contributed by atoms with Crippen LogP contribution >= 0.6 is 0 Å². The Hall–Kier alpha value is -1.07. The molecule has 1 saturated heterocycles. The van der Waals surface area contributed by atoms with Gasteiger partial charge in [0.05, 0.1) is 16.7 Å². The highest BCUT2D eigenvalue weighted by Gasteiger charge is 2.27. The third kappa shape index (κ3) is 2.67. The Labute approximate surface area is 108 Å². The van der Waals surface area contributed by atoms with Gasteiger partial charge in [0, 0.05) is 19.3 Å². The van der Waals surface area contributed by atoms with Crippen LogP contribution < -0.4 is 4.90 Å². The molecule has 1 heterocycles. The van der Waals surface area contributed by atoms with Crippen molar-refractivity contribution in [3.8, 4) is 0 Å². The Bertz CT molecular complexity index is 527. The van der Waals surface area contributed by atoms with Gasteiger partial charge in [-0.25, -0.2) is 8.42 Å². The van der Waals surface area contributed by atoms with Crippen molar-refractivity contribution >= 4 is 15.5 Å². The molecular weight excluding hydrogens is 250 g/mol. The van der Waals surface area contributed by atoms with Crippen molar-refractivity contribution in [2.24, 2.45) is 5.92 Å². The van der Waals surface area contributed by atoms with E-state index in [1.807, 2.05) is 17.9 Å². The molecule has 18 heavy (non-hydrogen) atoms. The van der Waals surface area contributed by atoms with E-state index in [-0.39, 0.29) is 5.92 Å². The van der Waals surface area contributed by atoms with Gasteiger partial charge in [0.25, 0.3) is 0 Å². The molecule has 1 aliphatic rings. The summed E-state index contributed by atoms with van der Waals surface area (Å²) < 4.78 is 23.5. The summed E-state index contributed by atoms with van der Waals surface area (Å²) >= 11 is 0. The fraction of sp³-hybridized carbons (Fsp3) is 0.538. The first-order chi connectivity index (χ1) is 8.39. The van der Waals surface area contributed by atoms with Gasteiger partial charge in [0.1, 0.15) is 0 Å². The maximum atomic E-state index is 11.8. The number of hydrogen-bond acceptors (Lipinski definition) is 4. The number of benzene rings is 1. The zero-order valence-electron chi connectivity index (χ0n) is 10.7. The molecule has 0 amide bonds. The minimum absolute atomic E-state index is 0.270. The highest BCUT2D eigenvalue weighted by Crippen LogP contribution is 2.29. The summed E-state index contributed by atoms with van der Waals surface area (Å²) in [5.41, 5.74) is 0.700. The van der Waals surface area contributed by atoms with E-state index < -0.39 is 15.9 Å². The second kappa shape index (κ2) is 4.90. The molecule has 100 valence electrons. The van der Waals surface area contributed by atoms with Crippen molar-refractivity contribution in [3.63, 3.8) is 0 Å². The molecule has 0 aliphatic carbocycles. The molecule has 1 aromatic rings. The summed E-state index contributed by atoms with van der Waals surface area (Å²) in [6, 6.07) is 6.98. The second-order valence-electron chi connectivity index (χ2n) is 5.02. The number of aliphatic hydroxyl groups is 1. The summed E-state index contributed by atoms with van der Waals surface area (Å²) in [7, 11) is -3.24. The van der Waals surface area contributed by atoms with E-state index in [0.29, 0.717) is 17.1 Å². The van der Waals surface area contributed by atoms with Gasteiger partial charge < -0.3 is 10.0 Å². The minimum Gasteiger partial charge on any atom is -0.391 e. The standard InChI is InChI=1S/C13H19NO3S/c1-10-7-8-14(9-12(10)15)11-5-3-4-6-13(11)18(2,16)17/h3-6,10,12,15H,7-9H2,1-2H3. The van der Waals surface area contributed by atoms with Gasteiger partial charge in [-0.15, -0.1) is 0 Å². The van der Waals surface area contributed by atoms with Crippen LogP contribution in [0, 0.1) is 5.92 Å².